The topological polar surface area (TPSA) is 173 Å². The number of nitro benzene ring substituents is 1. The Kier molecular flexibility index (Phi) is 8.52. The SMILES string of the molecule is COc1c(C)c2c(c(O)c1C/C=C(\C)CCC(=O)NCCNc1ccc([N+](=O)[O-])c3[nH]c4ccccc4c(=O)c13)C(=O)OC2. The number of benzene rings is 3. The predicted molar refractivity (Wildman–Crippen MR) is 165 cm³/mol. The zero-order chi connectivity index (χ0) is 31.5. The van der Waals surface area contributed by atoms with E-state index >= 15 is 0 Å². The predicted octanol–water partition coefficient (Wildman–Crippen LogP) is 4.78. The molecule has 0 spiro atoms. The Balaban J connectivity index is 1.19. The number of H-pyrrole nitrogens is 1. The first kappa shape index (κ1) is 30.1. The van der Waals surface area contributed by atoms with E-state index in [9.17, 15) is 29.6 Å². The van der Waals surface area contributed by atoms with Crippen LogP contribution in [0.3, 0.4) is 0 Å². The van der Waals surface area contributed by atoms with Crippen molar-refractivity contribution < 1.29 is 29.1 Å². The number of methoxy groups -OCH3 is 1. The molecule has 1 aliphatic heterocycles. The first-order valence-electron chi connectivity index (χ1n) is 14.1. The summed E-state index contributed by atoms with van der Waals surface area (Å²) in [7, 11) is 1.51. The minimum Gasteiger partial charge on any atom is -0.507 e. The largest absolute Gasteiger partial charge is 0.507 e. The van der Waals surface area contributed by atoms with Gasteiger partial charge in [0.25, 0.3) is 5.69 Å². The maximum absolute atomic E-state index is 13.3. The zero-order valence-electron chi connectivity index (χ0n) is 24.5. The molecule has 0 saturated carbocycles. The number of amides is 1. The fourth-order valence-electron chi connectivity index (χ4n) is 5.52. The number of ether oxygens (including phenoxy) is 2. The Bertz CT molecular complexity index is 1910. The first-order chi connectivity index (χ1) is 21.1. The summed E-state index contributed by atoms with van der Waals surface area (Å²) in [5.41, 5.74) is 3.51. The number of aromatic nitrogens is 1. The van der Waals surface area contributed by atoms with E-state index in [0.29, 0.717) is 52.9 Å². The monoisotopic (exact) mass is 600 g/mol. The number of cyclic esters (lactones) is 1. The number of carbonyl (C=O) groups is 2. The number of para-hydroxylation sites is 1. The lowest BCUT2D eigenvalue weighted by Gasteiger charge is -2.15. The van der Waals surface area contributed by atoms with Gasteiger partial charge in [-0.05, 0) is 50.5 Å². The number of nitrogens with one attached hydrogen (secondary N) is 3. The number of hydrogen-bond donors (Lipinski definition) is 4. The van der Waals surface area contributed by atoms with Gasteiger partial charge in [0.05, 0.1) is 17.4 Å². The quantitative estimate of drug-likeness (QED) is 0.0472. The molecule has 0 radical (unpaired) electrons. The molecule has 1 aliphatic rings. The third-order valence-corrected chi connectivity index (χ3v) is 7.85. The van der Waals surface area contributed by atoms with Crippen LogP contribution in [0.1, 0.15) is 46.8 Å². The summed E-state index contributed by atoms with van der Waals surface area (Å²) in [6.45, 7) is 4.36. The average Bonchev–Trinajstić information content (AvgIpc) is 3.40. The van der Waals surface area contributed by atoms with Crippen LogP contribution in [-0.2, 0) is 22.6 Å². The standard InChI is InChI=1S/C32H32N4O8/c1-17(8-10-20-30(39)26-21(16-44-32(26)40)18(2)31(20)43-3)9-13-25(37)34-15-14-33-23-11-12-24(36(41)42)28-27(23)29(38)19-6-4-5-7-22(19)35-28/h4-8,11-12,33,39H,9-10,13-16H2,1-3H3,(H,34,37)(H,35,38)/b17-8+. The van der Waals surface area contributed by atoms with Gasteiger partial charge in [-0.25, -0.2) is 4.79 Å². The number of allylic oxidation sites excluding steroid dienone is 2. The molecule has 0 bridgehead atoms. The highest BCUT2D eigenvalue weighted by atomic mass is 16.6. The maximum Gasteiger partial charge on any atom is 0.342 e. The van der Waals surface area contributed by atoms with Gasteiger partial charge in [-0.3, -0.25) is 19.7 Å². The van der Waals surface area contributed by atoms with Crippen LogP contribution in [0.5, 0.6) is 11.5 Å². The molecular formula is C32H32N4O8. The van der Waals surface area contributed by atoms with E-state index in [1.54, 1.807) is 24.3 Å². The van der Waals surface area contributed by atoms with Gasteiger partial charge in [0.15, 0.2) is 5.43 Å². The molecule has 12 nitrogen and oxygen atoms in total. The van der Waals surface area contributed by atoms with Crippen molar-refractivity contribution in [3.63, 3.8) is 0 Å². The highest BCUT2D eigenvalue weighted by molar-refractivity contribution is 6.03. The number of phenols is 1. The maximum atomic E-state index is 13.3. The van der Waals surface area contributed by atoms with Crippen LogP contribution < -0.4 is 20.8 Å². The van der Waals surface area contributed by atoms with Gasteiger partial charge in [-0.15, -0.1) is 0 Å². The molecule has 44 heavy (non-hydrogen) atoms. The lowest BCUT2D eigenvalue weighted by Crippen LogP contribution is -2.28. The normalized spacial score (nSPS) is 12.7. The Morgan fingerprint density at radius 3 is 2.70 bits per heavy atom. The van der Waals surface area contributed by atoms with Crippen LogP contribution in [0.4, 0.5) is 11.4 Å². The second-order valence-corrected chi connectivity index (χ2v) is 10.6. The lowest BCUT2D eigenvalue weighted by molar-refractivity contribution is -0.383. The number of rotatable bonds is 11. The molecule has 0 fully saturated rings. The number of pyridine rings is 1. The van der Waals surface area contributed by atoms with Crippen LogP contribution >= 0.6 is 0 Å². The fourth-order valence-corrected chi connectivity index (χ4v) is 5.52. The Morgan fingerprint density at radius 2 is 1.95 bits per heavy atom. The van der Waals surface area contributed by atoms with Crippen molar-refractivity contribution in [3.05, 3.63) is 90.6 Å². The van der Waals surface area contributed by atoms with E-state index in [2.05, 4.69) is 15.6 Å². The van der Waals surface area contributed by atoms with Gasteiger partial charge in [-0.1, -0.05) is 23.8 Å². The summed E-state index contributed by atoms with van der Waals surface area (Å²) in [5.74, 6) is -0.369. The number of aromatic hydroxyl groups is 1. The summed E-state index contributed by atoms with van der Waals surface area (Å²) in [6.07, 6.45) is 2.90. The van der Waals surface area contributed by atoms with Crippen LogP contribution in [0.15, 0.2) is 52.8 Å². The second kappa shape index (κ2) is 12.5. The number of nitro groups is 1. The van der Waals surface area contributed by atoms with E-state index in [4.69, 9.17) is 9.47 Å². The number of hydrogen-bond acceptors (Lipinski definition) is 9. The number of nitrogens with zero attached hydrogens (tertiary/aromatic N) is 1. The summed E-state index contributed by atoms with van der Waals surface area (Å²) < 4.78 is 10.6. The van der Waals surface area contributed by atoms with E-state index in [1.807, 2.05) is 19.9 Å². The molecule has 0 unspecified atom stereocenters. The van der Waals surface area contributed by atoms with Crippen LogP contribution in [0.25, 0.3) is 21.8 Å². The van der Waals surface area contributed by atoms with Crippen molar-refractivity contribution in [1.82, 2.24) is 10.3 Å². The minimum atomic E-state index is -0.557. The number of non-ortho nitro benzene ring substituents is 1. The molecule has 228 valence electrons. The van der Waals surface area contributed by atoms with Gasteiger partial charge >= 0.3 is 5.97 Å². The van der Waals surface area contributed by atoms with Gasteiger partial charge in [0.2, 0.25) is 5.91 Å². The van der Waals surface area contributed by atoms with Gasteiger partial charge < -0.3 is 30.2 Å². The van der Waals surface area contributed by atoms with Crippen molar-refractivity contribution in [2.24, 2.45) is 0 Å². The molecule has 0 atom stereocenters. The van der Waals surface area contributed by atoms with E-state index in [1.165, 1.54) is 19.2 Å². The Hall–Kier alpha value is -5.39. The zero-order valence-corrected chi connectivity index (χ0v) is 24.5. The summed E-state index contributed by atoms with van der Waals surface area (Å²) in [6, 6.07) is 9.67. The summed E-state index contributed by atoms with van der Waals surface area (Å²) >= 11 is 0. The van der Waals surface area contributed by atoms with Crippen LogP contribution in [0.2, 0.25) is 0 Å². The van der Waals surface area contributed by atoms with E-state index < -0.39 is 10.9 Å². The highest BCUT2D eigenvalue weighted by Crippen LogP contribution is 2.42. The summed E-state index contributed by atoms with van der Waals surface area (Å²) in [5, 5.41) is 29.0. The van der Waals surface area contributed by atoms with Crippen LogP contribution in [0, 0.1) is 17.0 Å². The molecule has 0 aliphatic carbocycles. The molecule has 12 heteroatoms. The number of anilines is 1. The number of phenolic OH excluding ortho intramolecular Hbond substituents is 1. The van der Waals surface area contributed by atoms with Crippen molar-refractivity contribution >= 4 is 45.1 Å². The molecule has 0 saturated heterocycles. The van der Waals surface area contributed by atoms with Crippen molar-refractivity contribution in [1.29, 1.82) is 0 Å². The highest BCUT2D eigenvalue weighted by Gasteiger charge is 2.31. The van der Waals surface area contributed by atoms with Crippen LogP contribution in [-0.4, -0.2) is 47.1 Å². The molecule has 5 rings (SSSR count). The minimum absolute atomic E-state index is 0.101. The molecule has 4 aromatic rings. The van der Waals surface area contributed by atoms with Crippen molar-refractivity contribution in [2.45, 2.75) is 39.7 Å². The number of fused-ring (bicyclic) bond motifs is 3. The number of esters is 1. The van der Waals surface area contributed by atoms with Gasteiger partial charge in [-0.2, -0.15) is 0 Å². The van der Waals surface area contributed by atoms with E-state index in [0.717, 1.165) is 11.1 Å². The van der Waals surface area contributed by atoms with Crippen molar-refractivity contribution in [2.75, 3.05) is 25.5 Å². The molecular weight excluding hydrogens is 568 g/mol. The average molecular weight is 601 g/mol. The molecule has 3 aromatic carbocycles. The Labute approximate surface area is 251 Å². The number of carbonyl (C=O) groups excluding carboxylic acids is 2. The van der Waals surface area contributed by atoms with E-state index in [-0.39, 0.29) is 58.8 Å². The third-order valence-electron chi connectivity index (χ3n) is 7.85. The smallest absolute Gasteiger partial charge is 0.342 e. The number of aromatic amines is 1. The third kappa shape index (κ3) is 5.65. The molecule has 1 aromatic heterocycles. The molecule has 4 N–H and O–H groups in total. The van der Waals surface area contributed by atoms with Gasteiger partial charge in [0, 0.05) is 53.3 Å². The fraction of sp³-hybridized carbons (Fsp3) is 0.281. The van der Waals surface area contributed by atoms with Gasteiger partial charge in [0.1, 0.15) is 29.2 Å². The van der Waals surface area contributed by atoms with Crippen molar-refractivity contribution in [3.8, 4) is 11.5 Å². The Morgan fingerprint density at radius 1 is 1.18 bits per heavy atom. The molecule has 2 heterocycles. The molecule has 1 amide bonds. The lowest BCUT2D eigenvalue weighted by atomic mass is 9.94. The summed E-state index contributed by atoms with van der Waals surface area (Å²) in [4.78, 5) is 52.0. The second-order valence-electron chi connectivity index (χ2n) is 10.6. The first-order valence-corrected chi connectivity index (χ1v) is 14.1.